The second kappa shape index (κ2) is 3.50. The third-order valence-electron chi connectivity index (χ3n) is 1.06. The number of rotatable bonds is 2. The Hall–Kier alpha value is -1.65. The molecular weight excluding hydrogens is 146 g/mol. The first-order chi connectivity index (χ1) is 5.38. The highest BCUT2D eigenvalue weighted by Gasteiger charge is 2.00. The Bertz CT molecular complexity index is 262. The molecule has 0 aliphatic rings. The number of ether oxygens (including phenoxy) is 1. The van der Waals surface area contributed by atoms with Gasteiger partial charge in [0.2, 0.25) is 5.88 Å². The molecule has 0 saturated carbocycles. The minimum atomic E-state index is 0.338. The molecule has 1 heterocycles. The van der Waals surface area contributed by atoms with E-state index in [4.69, 9.17) is 9.94 Å². The van der Waals surface area contributed by atoms with Gasteiger partial charge >= 0.3 is 0 Å². The summed E-state index contributed by atoms with van der Waals surface area (Å²) in [5.74, 6) is 0.338. The third-order valence-corrected chi connectivity index (χ3v) is 1.06. The molecule has 0 aromatic carbocycles. The normalized spacial score (nSPS) is 10.3. The summed E-state index contributed by atoms with van der Waals surface area (Å²) in [5, 5.41) is 11.0. The van der Waals surface area contributed by atoms with Gasteiger partial charge in [-0.2, -0.15) is 0 Å². The number of aromatic nitrogens is 2. The smallest absolute Gasteiger partial charge is 0.241 e. The molecule has 0 unspecified atom stereocenters. The molecule has 0 spiro atoms. The molecule has 0 radical (unpaired) electrons. The Morgan fingerprint density at radius 3 is 2.91 bits per heavy atom. The van der Waals surface area contributed by atoms with Crippen molar-refractivity contribution in [3.63, 3.8) is 0 Å². The second-order valence-electron chi connectivity index (χ2n) is 1.70. The van der Waals surface area contributed by atoms with Crippen LogP contribution in [0.3, 0.4) is 0 Å². The molecule has 58 valence electrons. The average molecular weight is 153 g/mol. The summed E-state index contributed by atoms with van der Waals surface area (Å²) in [6.07, 6.45) is 4.14. The van der Waals surface area contributed by atoms with Gasteiger partial charge in [0.1, 0.15) is 5.69 Å². The monoisotopic (exact) mass is 153 g/mol. The van der Waals surface area contributed by atoms with Gasteiger partial charge in [0.25, 0.3) is 0 Å². The van der Waals surface area contributed by atoms with Crippen LogP contribution in [-0.4, -0.2) is 28.5 Å². The molecule has 1 aromatic heterocycles. The van der Waals surface area contributed by atoms with Crippen LogP contribution < -0.4 is 4.74 Å². The van der Waals surface area contributed by atoms with Crippen molar-refractivity contribution < 1.29 is 9.94 Å². The Balaban J connectivity index is 3.02. The lowest BCUT2D eigenvalue weighted by Gasteiger charge is -1.98. The molecule has 0 saturated heterocycles. The van der Waals surface area contributed by atoms with Crippen molar-refractivity contribution in [1.29, 1.82) is 0 Å². The van der Waals surface area contributed by atoms with Crippen LogP contribution in [0.2, 0.25) is 0 Å². The number of methoxy groups -OCH3 is 1. The molecular formula is C6H7N3O2. The number of nitrogens with zero attached hydrogens (tertiary/aromatic N) is 3. The average Bonchev–Trinajstić information content (AvgIpc) is 2.06. The fourth-order valence-corrected chi connectivity index (χ4v) is 0.637. The van der Waals surface area contributed by atoms with Crippen LogP contribution >= 0.6 is 0 Å². The van der Waals surface area contributed by atoms with Gasteiger partial charge in [0.15, 0.2) is 0 Å². The summed E-state index contributed by atoms with van der Waals surface area (Å²) in [6, 6.07) is 0. The van der Waals surface area contributed by atoms with E-state index in [0.29, 0.717) is 11.6 Å². The Morgan fingerprint density at radius 2 is 2.27 bits per heavy atom. The summed E-state index contributed by atoms with van der Waals surface area (Å²) >= 11 is 0. The summed E-state index contributed by atoms with van der Waals surface area (Å²) in [5.41, 5.74) is 0.400. The molecule has 1 N–H and O–H groups in total. The summed E-state index contributed by atoms with van der Waals surface area (Å²) in [7, 11) is 1.47. The molecule has 5 heteroatoms. The first-order valence-corrected chi connectivity index (χ1v) is 2.91. The molecule has 0 atom stereocenters. The van der Waals surface area contributed by atoms with Gasteiger partial charge < -0.3 is 9.94 Å². The van der Waals surface area contributed by atoms with Crippen molar-refractivity contribution in [2.24, 2.45) is 5.16 Å². The van der Waals surface area contributed by atoms with E-state index < -0.39 is 0 Å². The molecule has 0 bridgehead atoms. The van der Waals surface area contributed by atoms with Gasteiger partial charge in [-0.05, 0) is 0 Å². The SMILES string of the molecule is COc1nccnc1C=NO. The number of hydrogen-bond donors (Lipinski definition) is 1. The van der Waals surface area contributed by atoms with E-state index in [-0.39, 0.29) is 0 Å². The van der Waals surface area contributed by atoms with E-state index in [1.54, 1.807) is 0 Å². The summed E-state index contributed by atoms with van der Waals surface area (Å²) < 4.78 is 4.82. The lowest BCUT2D eigenvalue weighted by atomic mass is 10.5. The van der Waals surface area contributed by atoms with Crippen LogP contribution in [0.25, 0.3) is 0 Å². The minimum Gasteiger partial charge on any atom is -0.479 e. The van der Waals surface area contributed by atoms with Crippen LogP contribution in [0, 0.1) is 0 Å². The molecule has 0 aliphatic heterocycles. The number of oxime groups is 1. The fraction of sp³-hybridized carbons (Fsp3) is 0.167. The lowest BCUT2D eigenvalue weighted by Crippen LogP contribution is -1.96. The lowest BCUT2D eigenvalue weighted by molar-refractivity contribution is 0.321. The maximum Gasteiger partial charge on any atom is 0.241 e. The Morgan fingerprint density at radius 1 is 1.55 bits per heavy atom. The van der Waals surface area contributed by atoms with Gasteiger partial charge in [-0.1, -0.05) is 5.16 Å². The topological polar surface area (TPSA) is 67.6 Å². The molecule has 0 aliphatic carbocycles. The highest BCUT2D eigenvalue weighted by Crippen LogP contribution is 2.06. The summed E-state index contributed by atoms with van der Waals surface area (Å²) in [4.78, 5) is 7.67. The molecule has 5 nitrogen and oxygen atoms in total. The van der Waals surface area contributed by atoms with Crippen molar-refractivity contribution in [1.82, 2.24) is 9.97 Å². The summed E-state index contributed by atoms with van der Waals surface area (Å²) in [6.45, 7) is 0. The molecule has 1 rings (SSSR count). The zero-order valence-electron chi connectivity index (χ0n) is 5.93. The maximum absolute atomic E-state index is 8.19. The highest BCUT2D eigenvalue weighted by molar-refractivity contribution is 5.79. The maximum atomic E-state index is 8.19. The standard InChI is InChI=1S/C6H7N3O2/c1-11-6-5(4-9-10)7-2-3-8-6/h2-4,10H,1H3. The quantitative estimate of drug-likeness (QED) is 0.376. The van der Waals surface area contributed by atoms with Gasteiger partial charge in [0, 0.05) is 12.4 Å². The van der Waals surface area contributed by atoms with Crippen LogP contribution in [-0.2, 0) is 0 Å². The largest absolute Gasteiger partial charge is 0.479 e. The predicted molar refractivity (Wildman–Crippen MR) is 38.0 cm³/mol. The zero-order valence-corrected chi connectivity index (χ0v) is 5.93. The van der Waals surface area contributed by atoms with Crippen LogP contribution in [0.4, 0.5) is 0 Å². The first kappa shape index (κ1) is 7.46. The molecule has 0 amide bonds. The van der Waals surface area contributed by atoms with Crippen LogP contribution in [0.1, 0.15) is 5.69 Å². The van der Waals surface area contributed by atoms with Crippen molar-refractivity contribution in [2.75, 3.05) is 7.11 Å². The molecule has 0 fully saturated rings. The zero-order chi connectivity index (χ0) is 8.10. The molecule has 1 aromatic rings. The highest BCUT2D eigenvalue weighted by atomic mass is 16.5. The van der Waals surface area contributed by atoms with E-state index in [1.165, 1.54) is 19.5 Å². The van der Waals surface area contributed by atoms with Crippen molar-refractivity contribution in [3.8, 4) is 5.88 Å². The van der Waals surface area contributed by atoms with Crippen LogP contribution in [0.15, 0.2) is 17.5 Å². The second-order valence-corrected chi connectivity index (χ2v) is 1.70. The molecule has 11 heavy (non-hydrogen) atoms. The van der Waals surface area contributed by atoms with Gasteiger partial charge in [-0.3, -0.25) is 0 Å². The first-order valence-electron chi connectivity index (χ1n) is 2.91. The van der Waals surface area contributed by atoms with Crippen molar-refractivity contribution in [2.45, 2.75) is 0 Å². The van der Waals surface area contributed by atoms with E-state index in [0.717, 1.165) is 6.21 Å². The third kappa shape index (κ3) is 1.64. The van der Waals surface area contributed by atoms with E-state index in [2.05, 4.69) is 15.1 Å². The van der Waals surface area contributed by atoms with Gasteiger partial charge in [-0.15, -0.1) is 0 Å². The predicted octanol–water partition coefficient (Wildman–Crippen LogP) is 0.293. The van der Waals surface area contributed by atoms with Gasteiger partial charge in [-0.25, -0.2) is 9.97 Å². The number of hydrogen-bond acceptors (Lipinski definition) is 5. The van der Waals surface area contributed by atoms with Crippen LogP contribution in [0.5, 0.6) is 5.88 Å². The van der Waals surface area contributed by atoms with Crippen molar-refractivity contribution in [3.05, 3.63) is 18.1 Å². The van der Waals surface area contributed by atoms with E-state index in [9.17, 15) is 0 Å². The van der Waals surface area contributed by atoms with E-state index in [1.807, 2.05) is 0 Å². The minimum absolute atomic E-state index is 0.338. The van der Waals surface area contributed by atoms with E-state index >= 15 is 0 Å². The van der Waals surface area contributed by atoms with Gasteiger partial charge in [0.05, 0.1) is 13.3 Å². The fourth-order valence-electron chi connectivity index (χ4n) is 0.637. The Labute approximate surface area is 63.4 Å². The Kier molecular flexibility index (Phi) is 2.37. The van der Waals surface area contributed by atoms with Crippen molar-refractivity contribution >= 4 is 6.21 Å².